The van der Waals surface area contributed by atoms with Gasteiger partial charge in [-0.05, 0) is 24.6 Å². The number of sulfonamides is 1. The predicted molar refractivity (Wildman–Crippen MR) is 108 cm³/mol. The van der Waals surface area contributed by atoms with Crippen molar-refractivity contribution < 1.29 is 35.2 Å². The van der Waals surface area contributed by atoms with Gasteiger partial charge in [0, 0.05) is 25.1 Å². The van der Waals surface area contributed by atoms with Gasteiger partial charge in [0.25, 0.3) is 5.92 Å². The molecule has 1 heterocycles. The molecule has 32 heavy (non-hydrogen) atoms. The number of halogens is 5. The van der Waals surface area contributed by atoms with Gasteiger partial charge in [0.2, 0.25) is 10.0 Å². The number of likely N-dealkylation sites (tertiary alicyclic amines) is 1. The van der Waals surface area contributed by atoms with Crippen molar-refractivity contribution >= 4 is 21.7 Å². The van der Waals surface area contributed by atoms with E-state index in [9.17, 15) is 35.2 Å². The molecule has 0 aliphatic carbocycles. The first-order valence-corrected chi connectivity index (χ1v) is 11.4. The Balaban J connectivity index is 1.86. The average molecular weight is 477 g/mol. The second-order valence-electron chi connectivity index (χ2n) is 7.42. The maximum absolute atomic E-state index is 14.5. The van der Waals surface area contributed by atoms with Crippen LogP contribution < -0.4 is 10.0 Å². The third-order valence-electron chi connectivity index (χ3n) is 5.03. The molecular formula is C20H20F5N3O3S. The van der Waals surface area contributed by atoms with Crippen LogP contribution in [-0.4, -0.2) is 50.7 Å². The molecule has 1 aliphatic rings. The smallest absolute Gasteiger partial charge is 0.321 e. The molecule has 0 saturated carbocycles. The summed E-state index contributed by atoms with van der Waals surface area (Å²) in [5.41, 5.74) is -1.32. The monoisotopic (exact) mass is 477 g/mol. The van der Waals surface area contributed by atoms with Gasteiger partial charge in [-0.2, -0.15) is 0 Å². The van der Waals surface area contributed by atoms with E-state index >= 15 is 0 Å². The highest BCUT2D eigenvalue weighted by Gasteiger charge is 2.43. The van der Waals surface area contributed by atoms with Crippen LogP contribution in [-0.2, 0) is 10.0 Å². The molecule has 0 bridgehead atoms. The predicted octanol–water partition coefficient (Wildman–Crippen LogP) is 3.95. The Bertz CT molecular complexity index is 1110. The van der Waals surface area contributed by atoms with Crippen LogP contribution >= 0.6 is 0 Å². The topological polar surface area (TPSA) is 78.5 Å². The van der Waals surface area contributed by atoms with Crippen molar-refractivity contribution in [2.45, 2.75) is 24.8 Å². The van der Waals surface area contributed by atoms with E-state index in [-0.39, 0.29) is 18.5 Å². The van der Waals surface area contributed by atoms with Gasteiger partial charge in [0.05, 0.1) is 23.5 Å². The van der Waals surface area contributed by atoms with Gasteiger partial charge < -0.3 is 10.2 Å². The number of para-hydroxylation sites is 1. The highest BCUT2D eigenvalue weighted by Crippen LogP contribution is 2.35. The summed E-state index contributed by atoms with van der Waals surface area (Å²) in [6.07, 6.45) is -0.473. The number of anilines is 1. The number of alkyl halides is 2. The van der Waals surface area contributed by atoms with Crippen LogP contribution in [0.2, 0.25) is 0 Å². The van der Waals surface area contributed by atoms with E-state index in [1.807, 2.05) is 4.72 Å². The van der Waals surface area contributed by atoms with E-state index in [1.54, 1.807) is 0 Å². The van der Waals surface area contributed by atoms with Gasteiger partial charge in [-0.15, -0.1) is 0 Å². The van der Waals surface area contributed by atoms with Crippen LogP contribution in [0.1, 0.15) is 12.8 Å². The fourth-order valence-corrected chi connectivity index (χ4v) is 4.28. The molecule has 1 fully saturated rings. The van der Waals surface area contributed by atoms with Crippen molar-refractivity contribution in [2.24, 2.45) is 0 Å². The molecule has 0 radical (unpaired) electrons. The van der Waals surface area contributed by atoms with Crippen molar-refractivity contribution in [3.05, 3.63) is 53.8 Å². The zero-order valence-electron chi connectivity index (χ0n) is 16.8. The number of hydrogen-bond donors (Lipinski definition) is 2. The zero-order valence-corrected chi connectivity index (χ0v) is 17.7. The SMILES string of the molecule is CS(=O)(=O)N[C@@H]1CCN(C(=O)Nc2c(F)cccc2-c2c(F)cccc2F)CCC1(F)F. The lowest BCUT2D eigenvalue weighted by atomic mass is 10.0. The number of benzene rings is 2. The highest BCUT2D eigenvalue weighted by atomic mass is 32.2. The molecule has 2 amide bonds. The van der Waals surface area contributed by atoms with Gasteiger partial charge in [-0.25, -0.2) is 39.9 Å². The normalized spacial score (nSPS) is 18.8. The molecule has 0 aromatic heterocycles. The number of urea groups is 1. The lowest BCUT2D eigenvalue weighted by Crippen LogP contribution is -2.47. The van der Waals surface area contributed by atoms with Gasteiger partial charge in [-0.3, -0.25) is 0 Å². The third-order valence-corrected chi connectivity index (χ3v) is 5.75. The summed E-state index contributed by atoms with van der Waals surface area (Å²) >= 11 is 0. The molecule has 2 aromatic rings. The van der Waals surface area contributed by atoms with Crippen LogP contribution in [0.15, 0.2) is 36.4 Å². The Labute approximate surface area is 181 Å². The Morgan fingerprint density at radius 1 is 1.03 bits per heavy atom. The molecule has 174 valence electrons. The van der Waals surface area contributed by atoms with Gasteiger partial charge in [-0.1, -0.05) is 18.2 Å². The van der Waals surface area contributed by atoms with E-state index < -0.39 is 69.7 Å². The second kappa shape index (κ2) is 9.02. The Morgan fingerprint density at radius 2 is 1.62 bits per heavy atom. The molecule has 2 N–H and O–H groups in total. The van der Waals surface area contributed by atoms with Crippen molar-refractivity contribution in [1.82, 2.24) is 9.62 Å². The fraction of sp³-hybridized carbons (Fsp3) is 0.350. The summed E-state index contributed by atoms with van der Waals surface area (Å²) in [4.78, 5) is 13.7. The molecule has 1 saturated heterocycles. The number of carbonyl (C=O) groups is 1. The van der Waals surface area contributed by atoms with Crippen LogP contribution in [0.3, 0.4) is 0 Å². The van der Waals surface area contributed by atoms with Crippen LogP contribution in [0.5, 0.6) is 0 Å². The molecule has 12 heteroatoms. The van der Waals surface area contributed by atoms with Gasteiger partial charge in [0.1, 0.15) is 17.5 Å². The standard InChI is InChI=1S/C20H20F5N3O3S/c1-32(30,31)27-16-8-10-28(11-9-20(16,24)25)19(29)26-18-12(4-2-7-15(18)23)17-13(21)5-3-6-14(17)22/h2-7,16,27H,8-11H2,1H3,(H,26,29)/t16-/m1/s1. The van der Waals surface area contributed by atoms with E-state index in [2.05, 4.69) is 5.32 Å². The summed E-state index contributed by atoms with van der Waals surface area (Å²) < 4.78 is 96.3. The summed E-state index contributed by atoms with van der Waals surface area (Å²) in [6, 6.07) is 3.78. The summed E-state index contributed by atoms with van der Waals surface area (Å²) in [6.45, 7) is -0.703. The highest BCUT2D eigenvalue weighted by molar-refractivity contribution is 7.88. The maximum Gasteiger partial charge on any atom is 0.321 e. The summed E-state index contributed by atoms with van der Waals surface area (Å²) in [5.74, 6) is -6.35. The fourth-order valence-electron chi connectivity index (χ4n) is 3.47. The molecule has 0 spiro atoms. The largest absolute Gasteiger partial charge is 0.324 e. The number of nitrogens with zero attached hydrogens (tertiary/aromatic N) is 1. The van der Waals surface area contributed by atoms with Crippen LogP contribution in [0.25, 0.3) is 11.1 Å². The van der Waals surface area contributed by atoms with Crippen LogP contribution in [0.4, 0.5) is 32.4 Å². The average Bonchev–Trinajstić information content (AvgIpc) is 2.81. The minimum Gasteiger partial charge on any atom is -0.324 e. The van der Waals surface area contributed by atoms with Gasteiger partial charge in [0.15, 0.2) is 0 Å². The molecular weight excluding hydrogens is 457 g/mol. The van der Waals surface area contributed by atoms with Crippen molar-refractivity contribution in [1.29, 1.82) is 0 Å². The molecule has 1 atom stereocenters. The Morgan fingerprint density at radius 3 is 2.25 bits per heavy atom. The molecule has 2 aromatic carbocycles. The quantitative estimate of drug-likeness (QED) is 0.655. The number of nitrogens with one attached hydrogen (secondary N) is 2. The van der Waals surface area contributed by atoms with E-state index in [4.69, 9.17) is 0 Å². The third kappa shape index (κ3) is 5.36. The minimum absolute atomic E-state index is 0.257. The lowest BCUT2D eigenvalue weighted by molar-refractivity contribution is -0.0338. The summed E-state index contributed by atoms with van der Waals surface area (Å²) in [5, 5.41) is 2.21. The first-order chi connectivity index (χ1) is 14.9. The Hall–Kier alpha value is -2.73. The van der Waals surface area contributed by atoms with Crippen molar-refractivity contribution in [3.63, 3.8) is 0 Å². The van der Waals surface area contributed by atoms with Crippen molar-refractivity contribution in [2.75, 3.05) is 24.7 Å². The van der Waals surface area contributed by atoms with Crippen molar-refractivity contribution in [3.8, 4) is 11.1 Å². The molecule has 6 nitrogen and oxygen atoms in total. The van der Waals surface area contributed by atoms with E-state index in [0.717, 1.165) is 35.4 Å². The lowest BCUT2D eigenvalue weighted by Gasteiger charge is -2.23. The second-order valence-corrected chi connectivity index (χ2v) is 9.20. The minimum atomic E-state index is -3.92. The van der Waals surface area contributed by atoms with Crippen LogP contribution in [0, 0.1) is 17.5 Å². The molecule has 3 rings (SSSR count). The maximum atomic E-state index is 14.5. The van der Waals surface area contributed by atoms with Gasteiger partial charge >= 0.3 is 6.03 Å². The number of hydrogen-bond acceptors (Lipinski definition) is 3. The number of amides is 2. The van der Waals surface area contributed by atoms with E-state index in [1.165, 1.54) is 12.1 Å². The first-order valence-electron chi connectivity index (χ1n) is 9.53. The summed E-state index contributed by atoms with van der Waals surface area (Å²) in [7, 11) is -3.92. The molecule has 0 unspecified atom stereocenters. The zero-order chi connectivity index (χ0) is 23.7. The molecule has 1 aliphatic heterocycles. The van der Waals surface area contributed by atoms with E-state index in [0.29, 0.717) is 0 Å². The number of rotatable bonds is 4. The first kappa shape index (κ1) is 23.9. The Kier molecular flexibility index (Phi) is 6.75. The number of carbonyl (C=O) groups excluding carboxylic acids is 1.